The molecule has 0 aromatic heterocycles. The summed E-state index contributed by atoms with van der Waals surface area (Å²) in [6.07, 6.45) is 1.42. The maximum absolute atomic E-state index is 13.7. The van der Waals surface area contributed by atoms with Crippen molar-refractivity contribution < 1.29 is 13.5 Å². The average Bonchev–Trinajstić information content (AvgIpc) is 2.46. The van der Waals surface area contributed by atoms with Crippen LogP contribution in [0, 0.1) is 11.6 Å². The molecular formula is C16H16BrF2NO. The van der Waals surface area contributed by atoms with E-state index in [-0.39, 0.29) is 11.8 Å². The summed E-state index contributed by atoms with van der Waals surface area (Å²) in [7, 11) is 0. The molecule has 5 heteroatoms. The molecule has 0 aliphatic carbocycles. The zero-order valence-electron chi connectivity index (χ0n) is 11.6. The lowest BCUT2D eigenvalue weighted by Crippen LogP contribution is -2.21. The molecule has 1 atom stereocenters. The molecule has 0 heterocycles. The molecule has 0 aliphatic heterocycles. The van der Waals surface area contributed by atoms with E-state index in [1.807, 2.05) is 13.0 Å². The number of halogens is 3. The van der Waals surface area contributed by atoms with Crippen LogP contribution in [0.25, 0.3) is 0 Å². The zero-order valence-corrected chi connectivity index (χ0v) is 13.2. The van der Waals surface area contributed by atoms with Crippen LogP contribution in [0.3, 0.4) is 0 Å². The van der Waals surface area contributed by atoms with Gasteiger partial charge in [0.05, 0.1) is 0 Å². The van der Waals surface area contributed by atoms with Gasteiger partial charge in [0.15, 0.2) is 11.6 Å². The highest BCUT2D eigenvalue weighted by Gasteiger charge is 2.13. The van der Waals surface area contributed by atoms with Crippen LogP contribution in [-0.4, -0.2) is 6.04 Å². The number of hydrogen-bond acceptors (Lipinski definition) is 2. The first-order valence-electron chi connectivity index (χ1n) is 6.67. The fraction of sp³-hybridized carbons (Fsp3) is 0.250. The van der Waals surface area contributed by atoms with Gasteiger partial charge >= 0.3 is 0 Å². The van der Waals surface area contributed by atoms with E-state index >= 15 is 0 Å². The molecule has 0 radical (unpaired) electrons. The maximum atomic E-state index is 13.7. The number of rotatable bonds is 5. The second kappa shape index (κ2) is 7.00. The highest BCUT2D eigenvalue weighted by atomic mass is 79.9. The van der Waals surface area contributed by atoms with Crippen LogP contribution in [0.1, 0.15) is 18.9 Å². The van der Waals surface area contributed by atoms with E-state index in [1.165, 1.54) is 12.1 Å². The van der Waals surface area contributed by atoms with Crippen LogP contribution in [0.2, 0.25) is 0 Å². The molecule has 2 aromatic carbocycles. The Morgan fingerprint density at radius 3 is 2.67 bits per heavy atom. The van der Waals surface area contributed by atoms with Crippen LogP contribution >= 0.6 is 15.9 Å². The van der Waals surface area contributed by atoms with Gasteiger partial charge in [-0.3, -0.25) is 0 Å². The number of hydrogen-bond donors (Lipinski definition) is 1. The molecule has 0 fully saturated rings. The van der Waals surface area contributed by atoms with Gasteiger partial charge < -0.3 is 10.5 Å². The van der Waals surface area contributed by atoms with Crippen LogP contribution < -0.4 is 10.5 Å². The molecule has 2 rings (SSSR count). The Morgan fingerprint density at radius 2 is 1.95 bits per heavy atom. The first kappa shape index (κ1) is 15.9. The highest BCUT2D eigenvalue weighted by molar-refractivity contribution is 9.10. The van der Waals surface area contributed by atoms with E-state index in [1.54, 1.807) is 12.1 Å². The minimum absolute atomic E-state index is 0.0148. The van der Waals surface area contributed by atoms with E-state index in [9.17, 15) is 8.78 Å². The predicted molar refractivity (Wildman–Crippen MR) is 82.5 cm³/mol. The molecule has 0 amide bonds. The van der Waals surface area contributed by atoms with Crippen molar-refractivity contribution in [1.82, 2.24) is 0 Å². The van der Waals surface area contributed by atoms with Crippen molar-refractivity contribution in [2.24, 2.45) is 5.73 Å². The van der Waals surface area contributed by atoms with Crippen molar-refractivity contribution in [1.29, 1.82) is 0 Å². The smallest absolute Gasteiger partial charge is 0.201 e. The summed E-state index contributed by atoms with van der Waals surface area (Å²) in [5.41, 5.74) is 6.82. The lowest BCUT2D eigenvalue weighted by atomic mass is 10.0. The Morgan fingerprint density at radius 1 is 1.19 bits per heavy atom. The van der Waals surface area contributed by atoms with E-state index in [4.69, 9.17) is 10.5 Å². The van der Waals surface area contributed by atoms with Gasteiger partial charge in [0.2, 0.25) is 5.82 Å². The maximum Gasteiger partial charge on any atom is 0.201 e. The van der Waals surface area contributed by atoms with E-state index in [2.05, 4.69) is 15.9 Å². The first-order chi connectivity index (χ1) is 10.0. The predicted octanol–water partition coefficient (Wildman–Crippen LogP) is 4.80. The van der Waals surface area contributed by atoms with Gasteiger partial charge in [0.1, 0.15) is 5.75 Å². The van der Waals surface area contributed by atoms with Crippen molar-refractivity contribution in [3.8, 4) is 11.5 Å². The van der Waals surface area contributed by atoms with Gasteiger partial charge in [0.25, 0.3) is 0 Å². The van der Waals surface area contributed by atoms with Gasteiger partial charge in [-0.2, -0.15) is 4.39 Å². The molecule has 1 unspecified atom stereocenters. The SMILES string of the molecule is CCC(N)Cc1cc(Br)ccc1Oc1cccc(F)c1F. The third-order valence-electron chi connectivity index (χ3n) is 3.17. The summed E-state index contributed by atoms with van der Waals surface area (Å²) >= 11 is 3.39. The molecule has 112 valence electrons. The van der Waals surface area contributed by atoms with Crippen LogP contribution in [0.4, 0.5) is 8.78 Å². The average molecular weight is 356 g/mol. The molecule has 2 aromatic rings. The molecule has 0 spiro atoms. The summed E-state index contributed by atoms with van der Waals surface area (Å²) in [6.45, 7) is 2.00. The van der Waals surface area contributed by atoms with Crippen LogP contribution in [0.5, 0.6) is 11.5 Å². The van der Waals surface area contributed by atoms with Crippen molar-refractivity contribution >= 4 is 15.9 Å². The normalized spacial score (nSPS) is 12.2. The molecule has 21 heavy (non-hydrogen) atoms. The van der Waals surface area contributed by atoms with E-state index in [0.29, 0.717) is 12.2 Å². The highest BCUT2D eigenvalue weighted by Crippen LogP contribution is 2.31. The second-order valence-electron chi connectivity index (χ2n) is 4.78. The summed E-state index contributed by atoms with van der Waals surface area (Å²) in [4.78, 5) is 0. The van der Waals surface area contributed by atoms with Gasteiger partial charge in [-0.05, 0) is 48.7 Å². The largest absolute Gasteiger partial charge is 0.454 e. The van der Waals surface area contributed by atoms with Gasteiger partial charge in [-0.1, -0.05) is 28.9 Å². The van der Waals surface area contributed by atoms with Crippen molar-refractivity contribution in [2.75, 3.05) is 0 Å². The van der Waals surface area contributed by atoms with Crippen LogP contribution in [0.15, 0.2) is 40.9 Å². The molecular weight excluding hydrogens is 340 g/mol. The lowest BCUT2D eigenvalue weighted by molar-refractivity contribution is 0.411. The Labute approximate surface area is 131 Å². The van der Waals surface area contributed by atoms with Gasteiger partial charge in [0, 0.05) is 10.5 Å². The Hall–Kier alpha value is -1.46. The minimum Gasteiger partial charge on any atom is -0.454 e. The Kier molecular flexibility index (Phi) is 5.31. The number of ether oxygens (including phenoxy) is 1. The minimum atomic E-state index is -0.994. The fourth-order valence-corrected chi connectivity index (χ4v) is 2.32. The second-order valence-corrected chi connectivity index (χ2v) is 5.69. The van der Waals surface area contributed by atoms with E-state index in [0.717, 1.165) is 22.5 Å². The topological polar surface area (TPSA) is 35.2 Å². The van der Waals surface area contributed by atoms with Crippen molar-refractivity contribution in [3.05, 3.63) is 58.1 Å². The van der Waals surface area contributed by atoms with Crippen molar-refractivity contribution in [2.45, 2.75) is 25.8 Å². The molecule has 0 saturated carbocycles. The fourth-order valence-electron chi connectivity index (χ4n) is 1.92. The Bertz CT molecular complexity index is 634. The zero-order chi connectivity index (χ0) is 15.4. The molecule has 2 N–H and O–H groups in total. The molecule has 0 bridgehead atoms. The third kappa shape index (κ3) is 4.02. The van der Waals surface area contributed by atoms with Crippen LogP contribution in [-0.2, 0) is 6.42 Å². The Balaban J connectivity index is 2.33. The summed E-state index contributed by atoms with van der Waals surface area (Å²) in [5, 5.41) is 0. The summed E-state index contributed by atoms with van der Waals surface area (Å²) in [5.74, 6) is -1.59. The first-order valence-corrected chi connectivity index (χ1v) is 7.46. The van der Waals surface area contributed by atoms with Gasteiger partial charge in [-0.15, -0.1) is 0 Å². The molecule has 2 nitrogen and oxygen atoms in total. The number of nitrogens with two attached hydrogens (primary N) is 1. The summed E-state index contributed by atoms with van der Waals surface area (Å²) in [6, 6.07) is 9.21. The molecule has 0 saturated heterocycles. The number of benzene rings is 2. The van der Waals surface area contributed by atoms with Gasteiger partial charge in [-0.25, -0.2) is 4.39 Å². The third-order valence-corrected chi connectivity index (χ3v) is 3.66. The van der Waals surface area contributed by atoms with E-state index < -0.39 is 11.6 Å². The quantitative estimate of drug-likeness (QED) is 0.835. The summed E-state index contributed by atoms with van der Waals surface area (Å²) < 4.78 is 33.3. The van der Waals surface area contributed by atoms with Crippen molar-refractivity contribution in [3.63, 3.8) is 0 Å². The molecule has 0 aliphatic rings. The monoisotopic (exact) mass is 355 g/mol. The standard InChI is InChI=1S/C16H16BrF2NO/c1-2-12(20)9-10-8-11(17)6-7-14(10)21-15-5-3-4-13(18)16(15)19/h3-8,12H,2,9,20H2,1H3. The lowest BCUT2D eigenvalue weighted by Gasteiger charge is -2.15.